The van der Waals surface area contributed by atoms with Crippen LogP contribution in [0, 0.1) is 6.92 Å². The number of nitrogens with zero attached hydrogens (tertiary/aromatic N) is 1. The normalized spacial score (nSPS) is 18.2. The van der Waals surface area contributed by atoms with Crippen molar-refractivity contribution in [3.8, 4) is 0 Å². The van der Waals surface area contributed by atoms with E-state index in [-0.39, 0.29) is 11.7 Å². The van der Waals surface area contributed by atoms with Crippen molar-refractivity contribution in [3.63, 3.8) is 0 Å². The lowest BCUT2D eigenvalue weighted by Gasteiger charge is -2.23. The van der Waals surface area contributed by atoms with Gasteiger partial charge < -0.3 is 5.32 Å². The van der Waals surface area contributed by atoms with Gasteiger partial charge in [-0.3, -0.25) is 4.79 Å². The predicted molar refractivity (Wildman–Crippen MR) is 84.1 cm³/mol. The molecule has 21 heavy (non-hydrogen) atoms. The molecule has 0 radical (unpaired) electrons. The van der Waals surface area contributed by atoms with Crippen molar-refractivity contribution in [2.24, 2.45) is 0 Å². The topological polar surface area (TPSA) is 42.0 Å². The Bertz CT molecular complexity index is 677. The number of pyridine rings is 1. The minimum absolute atomic E-state index is 0.172. The maximum Gasteiger partial charge on any atom is 0.158 e. The maximum atomic E-state index is 12.0. The second-order valence-electron chi connectivity index (χ2n) is 5.45. The first-order valence-electron chi connectivity index (χ1n) is 7.19. The van der Waals surface area contributed by atoms with Crippen LogP contribution in [0.15, 0.2) is 60.4 Å². The number of ketones is 1. The van der Waals surface area contributed by atoms with Crippen molar-refractivity contribution in [1.29, 1.82) is 0 Å². The van der Waals surface area contributed by atoms with Crippen LogP contribution >= 0.6 is 0 Å². The summed E-state index contributed by atoms with van der Waals surface area (Å²) in [6.45, 7) is 2.01. The molecular weight excluding hydrogens is 260 g/mol. The average molecular weight is 278 g/mol. The van der Waals surface area contributed by atoms with Crippen LogP contribution in [0.2, 0.25) is 0 Å². The first-order valence-corrected chi connectivity index (χ1v) is 7.19. The fraction of sp³-hybridized carbons (Fsp3) is 0.222. The van der Waals surface area contributed by atoms with E-state index >= 15 is 0 Å². The molecule has 3 heteroatoms. The number of aryl methyl sites for hydroxylation is 1. The molecule has 1 atom stereocenters. The van der Waals surface area contributed by atoms with Crippen molar-refractivity contribution in [1.82, 2.24) is 4.98 Å². The van der Waals surface area contributed by atoms with Crippen LogP contribution in [0.3, 0.4) is 0 Å². The smallest absolute Gasteiger partial charge is 0.158 e. The summed E-state index contributed by atoms with van der Waals surface area (Å²) in [6.07, 6.45) is 4.89. The van der Waals surface area contributed by atoms with Gasteiger partial charge in [-0.05, 0) is 36.5 Å². The Kier molecular flexibility index (Phi) is 3.82. The molecule has 1 aliphatic rings. The highest BCUT2D eigenvalue weighted by atomic mass is 16.1. The SMILES string of the molecule is Cc1cccnc1NC1=CC(=O)C[C@H](c2ccccc2)C1. The van der Waals surface area contributed by atoms with Gasteiger partial charge in [0.25, 0.3) is 0 Å². The Morgan fingerprint density at radius 2 is 1.90 bits per heavy atom. The Hall–Kier alpha value is -2.42. The van der Waals surface area contributed by atoms with Crippen LogP contribution < -0.4 is 5.32 Å². The lowest BCUT2D eigenvalue weighted by atomic mass is 9.85. The fourth-order valence-corrected chi connectivity index (χ4v) is 2.71. The zero-order valence-corrected chi connectivity index (χ0v) is 12.0. The van der Waals surface area contributed by atoms with Crippen LogP contribution in [0.5, 0.6) is 0 Å². The molecule has 1 aromatic carbocycles. The molecule has 0 saturated carbocycles. The quantitative estimate of drug-likeness (QED) is 0.927. The summed E-state index contributed by atoms with van der Waals surface area (Å²) in [4.78, 5) is 16.3. The van der Waals surface area contributed by atoms with Crippen molar-refractivity contribution in [3.05, 3.63) is 71.6 Å². The van der Waals surface area contributed by atoms with Crippen LogP contribution in [0.4, 0.5) is 5.82 Å². The lowest BCUT2D eigenvalue weighted by Crippen LogP contribution is -2.17. The van der Waals surface area contributed by atoms with Gasteiger partial charge in [0.2, 0.25) is 0 Å². The average Bonchev–Trinajstić information content (AvgIpc) is 2.50. The van der Waals surface area contributed by atoms with Crippen LogP contribution in [-0.2, 0) is 4.79 Å². The maximum absolute atomic E-state index is 12.0. The number of hydrogen-bond acceptors (Lipinski definition) is 3. The van der Waals surface area contributed by atoms with Crippen LogP contribution in [-0.4, -0.2) is 10.8 Å². The highest BCUT2D eigenvalue weighted by Crippen LogP contribution is 2.31. The number of carbonyl (C=O) groups is 1. The third-order valence-corrected chi connectivity index (χ3v) is 3.81. The second-order valence-corrected chi connectivity index (χ2v) is 5.45. The summed E-state index contributed by atoms with van der Waals surface area (Å²) < 4.78 is 0. The van der Waals surface area contributed by atoms with Crippen molar-refractivity contribution < 1.29 is 4.79 Å². The summed E-state index contributed by atoms with van der Waals surface area (Å²) >= 11 is 0. The summed E-state index contributed by atoms with van der Waals surface area (Å²) in [7, 11) is 0. The molecule has 1 aliphatic carbocycles. The van der Waals surface area contributed by atoms with Gasteiger partial charge in [-0.1, -0.05) is 36.4 Å². The monoisotopic (exact) mass is 278 g/mol. The van der Waals surface area contributed by atoms with E-state index in [0.29, 0.717) is 6.42 Å². The molecule has 3 nitrogen and oxygen atoms in total. The standard InChI is InChI=1S/C18H18N2O/c1-13-6-5-9-19-18(13)20-16-10-15(11-17(21)12-16)14-7-3-2-4-8-14/h2-9,12,15H,10-11H2,1H3,(H,19,20)/t15-/m1/s1. The Labute approximate surface area is 124 Å². The van der Waals surface area contributed by atoms with Crippen molar-refractivity contribution in [2.45, 2.75) is 25.7 Å². The Morgan fingerprint density at radius 1 is 1.10 bits per heavy atom. The zero-order valence-electron chi connectivity index (χ0n) is 12.0. The minimum atomic E-state index is 0.172. The number of nitrogens with one attached hydrogen (secondary N) is 1. The number of hydrogen-bond donors (Lipinski definition) is 1. The molecule has 3 rings (SSSR count). The molecule has 0 saturated heterocycles. The summed E-state index contributed by atoms with van der Waals surface area (Å²) in [5.41, 5.74) is 3.24. The van der Waals surface area contributed by atoms with E-state index in [1.807, 2.05) is 37.3 Å². The van der Waals surface area contributed by atoms with Gasteiger partial charge in [-0.2, -0.15) is 0 Å². The lowest BCUT2D eigenvalue weighted by molar-refractivity contribution is -0.115. The largest absolute Gasteiger partial charge is 0.343 e. The molecule has 0 unspecified atom stereocenters. The molecule has 1 heterocycles. The van der Waals surface area contributed by atoms with E-state index in [2.05, 4.69) is 22.4 Å². The van der Waals surface area contributed by atoms with E-state index in [4.69, 9.17) is 0 Å². The summed E-state index contributed by atoms with van der Waals surface area (Å²) in [6, 6.07) is 14.1. The molecule has 0 aliphatic heterocycles. The molecule has 106 valence electrons. The molecule has 0 spiro atoms. The first-order chi connectivity index (χ1) is 10.2. The van der Waals surface area contributed by atoms with Gasteiger partial charge >= 0.3 is 0 Å². The zero-order chi connectivity index (χ0) is 14.7. The Morgan fingerprint density at radius 3 is 2.67 bits per heavy atom. The number of benzene rings is 1. The minimum Gasteiger partial charge on any atom is -0.343 e. The number of carbonyl (C=O) groups excluding carboxylic acids is 1. The van der Waals surface area contributed by atoms with E-state index in [1.54, 1.807) is 12.3 Å². The van der Waals surface area contributed by atoms with Crippen molar-refractivity contribution >= 4 is 11.6 Å². The molecule has 2 aromatic rings. The first kappa shape index (κ1) is 13.6. The van der Waals surface area contributed by atoms with Gasteiger partial charge in [0.1, 0.15) is 5.82 Å². The fourth-order valence-electron chi connectivity index (χ4n) is 2.71. The number of aromatic nitrogens is 1. The molecule has 0 fully saturated rings. The van der Waals surface area contributed by atoms with Crippen molar-refractivity contribution in [2.75, 3.05) is 5.32 Å². The van der Waals surface area contributed by atoms with Gasteiger partial charge in [0.15, 0.2) is 5.78 Å². The molecule has 0 amide bonds. The van der Waals surface area contributed by atoms with Crippen LogP contribution in [0.1, 0.15) is 29.9 Å². The van der Waals surface area contributed by atoms with Crippen LogP contribution in [0.25, 0.3) is 0 Å². The third-order valence-electron chi connectivity index (χ3n) is 3.81. The molecule has 1 aromatic heterocycles. The van der Waals surface area contributed by atoms with Gasteiger partial charge in [-0.25, -0.2) is 4.98 Å². The molecule has 1 N–H and O–H groups in total. The van der Waals surface area contributed by atoms with E-state index in [9.17, 15) is 4.79 Å². The second kappa shape index (κ2) is 5.92. The number of anilines is 1. The van der Waals surface area contributed by atoms with E-state index in [0.717, 1.165) is 23.5 Å². The molecular formula is C18H18N2O. The predicted octanol–water partition coefficient (Wildman–Crippen LogP) is 3.83. The number of rotatable bonds is 3. The van der Waals surface area contributed by atoms with Gasteiger partial charge in [-0.15, -0.1) is 0 Å². The van der Waals surface area contributed by atoms with Gasteiger partial charge in [0.05, 0.1) is 0 Å². The number of allylic oxidation sites excluding steroid dienone is 2. The molecule has 0 bridgehead atoms. The summed E-state index contributed by atoms with van der Waals surface area (Å²) in [5.74, 6) is 1.24. The van der Waals surface area contributed by atoms with Gasteiger partial charge in [0, 0.05) is 24.4 Å². The third kappa shape index (κ3) is 3.19. The van der Waals surface area contributed by atoms with E-state index in [1.165, 1.54) is 5.56 Å². The highest BCUT2D eigenvalue weighted by Gasteiger charge is 2.22. The highest BCUT2D eigenvalue weighted by molar-refractivity contribution is 5.92. The Balaban J connectivity index is 1.80. The van der Waals surface area contributed by atoms with E-state index < -0.39 is 0 Å². The summed E-state index contributed by atoms with van der Waals surface area (Å²) in [5, 5.41) is 3.31.